The van der Waals surface area contributed by atoms with E-state index in [2.05, 4.69) is 9.97 Å². The fraction of sp³-hybridized carbons (Fsp3) is 0.667. The van der Waals surface area contributed by atoms with Crippen LogP contribution in [0.1, 0.15) is 47.4 Å². The molecule has 0 radical (unpaired) electrons. The van der Waals surface area contributed by atoms with Crippen LogP contribution in [0.4, 0.5) is 32.3 Å². The Hall–Kier alpha value is -2.07. The van der Waals surface area contributed by atoms with Crippen molar-refractivity contribution in [1.29, 1.82) is 0 Å². The van der Waals surface area contributed by atoms with E-state index in [1.807, 2.05) is 0 Å². The van der Waals surface area contributed by atoms with E-state index in [1.165, 1.54) is 0 Å². The third kappa shape index (κ3) is 3.56. The van der Waals surface area contributed by atoms with Crippen LogP contribution in [-0.4, -0.2) is 33.5 Å². The molecule has 0 spiro atoms. The zero-order chi connectivity index (χ0) is 19.3. The first-order valence-electron chi connectivity index (χ1n) is 8.06. The number of halogens is 6. The van der Waals surface area contributed by atoms with Gasteiger partial charge in [0.2, 0.25) is 5.95 Å². The van der Waals surface area contributed by atoms with Crippen molar-refractivity contribution in [3.63, 3.8) is 0 Å². The third-order valence-corrected chi connectivity index (χ3v) is 4.84. The number of carbonyl (C=O) groups is 1. The van der Waals surface area contributed by atoms with Crippen LogP contribution < -0.4 is 5.73 Å². The van der Waals surface area contributed by atoms with Crippen molar-refractivity contribution in [3.05, 3.63) is 17.0 Å². The number of nitrogens with zero attached hydrogens (tertiary/aromatic N) is 3. The van der Waals surface area contributed by atoms with Gasteiger partial charge in [-0.15, -0.1) is 0 Å². The molecule has 1 aromatic heterocycles. The monoisotopic (exact) mass is 382 g/mol. The fourth-order valence-corrected chi connectivity index (χ4v) is 3.69. The number of alkyl halides is 6. The highest BCUT2D eigenvalue weighted by Gasteiger charge is 2.46. The maximum Gasteiger partial charge on any atom is 0.434 e. The SMILES string of the molecule is Nc1nc2c(c(C(F)(F)F)n1)C(=O)N(C[C@@H]1CCC[C@H](C(F)(F)F)C1)C2. The number of nitrogens with two attached hydrogens (primary N) is 1. The van der Waals surface area contributed by atoms with E-state index < -0.39 is 47.3 Å². The predicted octanol–water partition coefficient (Wildman–Crippen LogP) is 3.40. The summed E-state index contributed by atoms with van der Waals surface area (Å²) in [5.41, 5.74) is 3.10. The average molecular weight is 382 g/mol. The number of aromatic nitrogens is 2. The van der Waals surface area contributed by atoms with E-state index >= 15 is 0 Å². The molecule has 26 heavy (non-hydrogen) atoms. The standard InChI is InChI=1S/C15H16F6N4O/c16-14(17,18)8-3-1-2-7(4-8)5-25-6-9-10(12(25)26)11(15(19,20)21)24-13(22)23-9/h7-8H,1-6H2,(H2,22,23,24)/t7-,8+/m1/s1. The number of rotatable bonds is 2. The molecule has 1 aromatic rings. The number of amides is 1. The summed E-state index contributed by atoms with van der Waals surface area (Å²) in [6, 6.07) is 0. The Labute approximate surface area is 144 Å². The van der Waals surface area contributed by atoms with E-state index in [0.717, 1.165) is 4.90 Å². The van der Waals surface area contributed by atoms with Crippen LogP contribution in [-0.2, 0) is 12.7 Å². The number of hydrogen-bond acceptors (Lipinski definition) is 4. The Morgan fingerprint density at radius 2 is 1.81 bits per heavy atom. The highest BCUT2D eigenvalue weighted by Crippen LogP contribution is 2.41. The van der Waals surface area contributed by atoms with E-state index in [1.54, 1.807) is 0 Å². The van der Waals surface area contributed by atoms with Crippen molar-refractivity contribution in [2.45, 2.75) is 44.6 Å². The van der Waals surface area contributed by atoms with Gasteiger partial charge in [0, 0.05) is 6.54 Å². The highest BCUT2D eigenvalue weighted by atomic mass is 19.4. The van der Waals surface area contributed by atoms with Gasteiger partial charge in [-0.2, -0.15) is 26.3 Å². The Kier molecular flexibility index (Phi) is 4.51. The molecule has 0 bridgehead atoms. The lowest BCUT2D eigenvalue weighted by Gasteiger charge is -2.32. The lowest BCUT2D eigenvalue weighted by molar-refractivity contribution is -0.186. The smallest absolute Gasteiger partial charge is 0.368 e. The molecule has 1 amide bonds. The molecular weight excluding hydrogens is 366 g/mol. The summed E-state index contributed by atoms with van der Waals surface area (Å²) in [5, 5.41) is 0. The predicted molar refractivity (Wildman–Crippen MR) is 77.7 cm³/mol. The molecule has 2 aliphatic rings. The first kappa shape index (κ1) is 18.7. The van der Waals surface area contributed by atoms with Gasteiger partial charge in [-0.05, 0) is 25.2 Å². The summed E-state index contributed by atoms with van der Waals surface area (Å²) >= 11 is 0. The van der Waals surface area contributed by atoms with E-state index in [0.29, 0.717) is 12.8 Å². The molecule has 2 N–H and O–H groups in total. The molecule has 0 aromatic carbocycles. The molecule has 2 atom stereocenters. The second kappa shape index (κ2) is 6.27. The van der Waals surface area contributed by atoms with Gasteiger partial charge in [0.05, 0.1) is 23.7 Å². The summed E-state index contributed by atoms with van der Waals surface area (Å²) < 4.78 is 78.1. The Bertz CT molecular complexity index is 717. The van der Waals surface area contributed by atoms with Crippen LogP contribution in [0.3, 0.4) is 0 Å². The van der Waals surface area contributed by atoms with Gasteiger partial charge in [0.25, 0.3) is 5.91 Å². The third-order valence-electron chi connectivity index (χ3n) is 4.84. The lowest BCUT2D eigenvalue weighted by atomic mass is 9.81. The molecule has 1 aliphatic carbocycles. The van der Waals surface area contributed by atoms with E-state index in [-0.39, 0.29) is 31.6 Å². The number of hydrogen-bond donors (Lipinski definition) is 1. The van der Waals surface area contributed by atoms with E-state index in [4.69, 9.17) is 5.73 Å². The number of fused-ring (bicyclic) bond motifs is 1. The van der Waals surface area contributed by atoms with Crippen LogP contribution in [0, 0.1) is 11.8 Å². The van der Waals surface area contributed by atoms with Gasteiger partial charge < -0.3 is 10.6 Å². The van der Waals surface area contributed by atoms with Crippen molar-refractivity contribution in [3.8, 4) is 0 Å². The molecule has 0 unspecified atom stereocenters. The Morgan fingerprint density at radius 3 is 2.42 bits per heavy atom. The molecule has 2 heterocycles. The van der Waals surface area contributed by atoms with Crippen LogP contribution in [0.5, 0.6) is 0 Å². The van der Waals surface area contributed by atoms with Crippen LogP contribution in [0.25, 0.3) is 0 Å². The summed E-state index contributed by atoms with van der Waals surface area (Å²) in [5.74, 6) is -3.38. The fourth-order valence-electron chi connectivity index (χ4n) is 3.69. The molecule has 144 valence electrons. The van der Waals surface area contributed by atoms with Crippen molar-refractivity contribution in [2.24, 2.45) is 11.8 Å². The van der Waals surface area contributed by atoms with Crippen molar-refractivity contribution in [2.75, 3.05) is 12.3 Å². The minimum absolute atomic E-state index is 0.0361. The van der Waals surface area contributed by atoms with Crippen molar-refractivity contribution < 1.29 is 31.1 Å². The molecular formula is C15H16F6N4O. The molecule has 5 nitrogen and oxygen atoms in total. The van der Waals surface area contributed by atoms with Gasteiger partial charge in [-0.1, -0.05) is 6.42 Å². The number of nitrogen functional groups attached to an aromatic ring is 1. The minimum atomic E-state index is -4.88. The Balaban J connectivity index is 1.79. The zero-order valence-corrected chi connectivity index (χ0v) is 13.5. The highest BCUT2D eigenvalue weighted by molar-refractivity contribution is 5.99. The second-order valence-corrected chi connectivity index (χ2v) is 6.71. The first-order chi connectivity index (χ1) is 12.0. The van der Waals surface area contributed by atoms with Gasteiger partial charge in [0.15, 0.2) is 5.69 Å². The van der Waals surface area contributed by atoms with Crippen LogP contribution >= 0.6 is 0 Å². The maximum atomic E-state index is 13.1. The molecule has 0 saturated heterocycles. The second-order valence-electron chi connectivity index (χ2n) is 6.71. The topological polar surface area (TPSA) is 72.1 Å². The number of anilines is 1. The molecule has 1 fully saturated rings. The van der Waals surface area contributed by atoms with Gasteiger partial charge >= 0.3 is 12.4 Å². The Morgan fingerprint density at radius 1 is 1.12 bits per heavy atom. The minimum Gasteiger partial charge on any atom is -0.368 e. The summed E-state index contributed by atoms with van der Waals surface area (Å²) in [4.78, 5) is 20.4. The zero-order valence-electron chi connectivity index (χ0n) is 13.5. The molecule has 1 saturated carbocycles. The summed E-state index contributed by atoms with van der Waals surface area (Å²) in [6.07, 6.45) is -8.42. The normalized spacial score (nSPS) is 24.1. The molecule has 1 aliphatic heterocycles. The molecule has 11 heteroatoms. The van der Waals surface area contributed by atoms with Gasteiger partial charge in [0.1, 0.15) is 0 Å². The van der Waals surface area contributed by atoms with Gasteiger partial charge in [-0.25, -0.2) is 9.97 Å². The largest absolute Gasteiger partial charge is 0.434 e. The van der Waals surface area contributed by atoms with Crippen LogP contribution in [0.2, 0.25) is 0 Å². The van der Waals surface area contributed by atoms with Crippen molar-refractivity contribution in [1.82, 2.24) is 14.9 Å². The lowest BCUT2D eigenvalue weighted by Crippen LogP contribution is -2.36. The van der Waals surface area contributed by atoms with Crippen LogP contribution in [0.15, 0.2) is 0 Å². The quantitative estimate of drug-likeness (QED) is 0.796. The van der Waals surface area contributed by atoms with E-state index in [9.17, 15) is 31.1 Å². The summed E-state index contributed by atoms with van der Waals surface area (Å²) in [7, 11) is 0. The summed E-state index contributed by atoms with van der Waals surface area (Å²) in [6.45, 7) is -0.254. The maximum absolute atomic E-state index is 13.1. The number of carbonyl (C=O) groups excluding carboxylic acids is 1. The molecule has 3 rings (SSSR count). The average Bonchev–Trinajstić information content (AvgIpc) is 2.81. The van der Waals surface area contributed by atoms with Crippen molar-refractivity contribution >= 4 is 11.9 Å². The first-order valence-corrected chi connectivity index (χ1v) is 8.06. The van der Waals surface area contributed by atoms with Gasteiger partial charge in [-0.3, -0.25) is 4.79 Å².